The van der Waals surface area contributed by atoms with Crippen LogP contribution in [-0.2, 0) is 14.4 Å². The summed E-state index contributed by atoms with van der Waals surface area (Å²) in [6.07, 6.45) is -0.000231. The third-order valence-corrected chi connectivity index (χ3v) is 2.77. The average molecular weight is 217 g/mol. The topological polar surface area (TPSA) is 138 Å². The van der Waals surface area contributed by atoms with E-state index < -0.39 is 41.7 Å². The van der Waals surface area contributed by atoms with Crippen molar-refractivity contribution in [1.29, 1.82) is 0 Å². The first-order valence-electron chi connectivity index (χ1n) is 4.30. The maximum Gasteiger partial charge on any atom is 0.320 e. The second-order valence-electron chi connectivity index (χ2n) is 3.57. The molecule has 0 radical (unpaired) electrons. The van der Waals surface area contributed by atoms with Crippen LogP contribution in [0.2, 0.25) is 0 Å². The minimum atomic E-state index is -1.32. The maximum atomic E-state index is 10.7. The van der Waals surface area contributed by atoms with Gasteiger partial charge in [-0.05, 0) is 12.3 Å². The van der Waals surface area contributed by atoms with Gasteiger partial charge in [0.1, 0.15) is 6.04 Å². The molecule has 0 bridgehead atoms. The molecule has 0 amide bonds. The van der Waals surface area contributed by atoms with E-state index >= 15 is 0 Å². The second-order valence-corrected chi connectivity index (χ2v) is 3.57. The fourth-order valence-corrected chi connectivity index (χ4v) is 1.85. The summed E-state index contributed by atoms with van der Waals surface area (Å²) in [4.78, 5) is 31.8. The molecular formula is C8H11NO6. The van der Waals surface area contributed by atoms with Crippen LogP contribution in [0.4, 0.5) is 0 Å². The Balaban J connectivity index is 2.76. The van der Waals surface area contributed by atoms with E-state index in [-0.39, 0.29) is 6.42 Å². The highest BCUT2D eigenvalue weighted by molar-refractivity contribution is 5.84. The van der Waals surface area contributed by atoms with Crippen molar-refractivity contribution in [3.63, 3.8) is 0 Å². The van der Waals surface area contributed by atoms with Crippen LogP contribution in [0.25, 0.3) is 0 Å². The molecule has 7 nitrogen and oxygen atoms in total. The zero-order chi connectivity index (χ0) is 11.7. The van der Waals surface area contributed by atoms with Crippen LogP contribution < -0.4 is 5.73 Å². The number of hydrogen-bond acceptors (Lipinski definition) is 4. The summed E-state index contributed by atoms with van der Waals surface area (Å²) in [5.41, 5.74) is 5.26. The van der Waals surface area contributed by atoms with E-state index in [1.165, 1.54) is 0 Å². The Hall–Kier alpha value is -1.63. The molecule has 4 atom stereocenters. The van der Waals surface area contributed by atoms with Gasteiger partial charge in [0.25, 0.3) is 0 Å². The molecule has 1 aliphatic carbocycles. The summed E-state index contributed by atoms with van der Waals surface area (Å²) in [5.74, 6) is -6.88. The van der Waals surface area contributed by atoms with Gasteiger partial charge in [0.2, 0.25) is 0 Å². The van der Waals surface area contributed by atoms with Crippen molar-refractivity contribution in [3.05, 3.63) is 0 Å². The van der Waals surface area contributed by atoms with Crippen LogP contribution in [-0.4, -0.2) is 39.3 Å². The maximum absolute atomic E-state index is 10.7. The van der Waals surface area contributed by atoms with Crippen molar-refractivity contribution in [2.45, 2.75) is 12.5 Å². The predicted octanol–water partition coefficient (Wildman–Crippen LogP) is -1.18. The Kier molecular flexibility index (Phi) is 2.94. The third kappa shape index (κ3) is 1.91. The quantitative estimate of drug-likeness (QED) is 0.464. The van der Waals surface area contributed by atoms with Gasteiger partial charge < -0.3 is 21.1 Å². The van der Waals surface area contributed by atoms with Gasteiger partial charge in [-0.3, -0.25) is 14.4 Å². The summed E-state index contributed by atoms with van der Waals surface area (Å²) < 4.78 is 0. The molecular weight excluding hydrogens is 206 g/mol. The number of carbonyl (C=O) groups is 3. The third-order valence-electron chi connectivity index (χ3n) is 2.77. The summed E-state index contributed by atoms with van der Waals surface area (Å²) in [7, 11) is 0. The molecule has 1 aliphatic rings. The minimum absolute atomic E-state index is 0.000231. The Bertz CT molecular complexity index is 314. The minimum Gasteiger partial charge on any atom is -0.481 e. The molecule has 1 rings (SSSR count). The van der Waals surface area contributed by atoms with Gasteiger partial charge in [-0.2, -0.15) is 0 Å². The smallest absolute Gasteiger partial charge is 0.320 e. The number of aliphatic carboxylic acids is 3. The molecule has 0 unspecified atom stereocenters. The molecule has 0 aromatic carbocycles. The Labute approximate surface area is 84.5 Å². The number of carboxylic acids is 3. The highest BCUT2D eigenvalue weighted by atomic mass is 16.4. The number of nitrogens with two attached hydrogens (primary N) is 1. The predicted molar refractivity (Wildman–Crippen MR) is 46.0 cm³/mol. The van der Waals surface area contributed by atoms with E-state index in [0.717, 1.165) is 0 Å². The molecule has 5 N–H and O–H groups in total. The lowest BCUT2D eigenvalue weighted by molar-refractivity contribution is -0.169. The van der Waals surface area contributed by atoms with Gasteiger partial charge in [0, 0.05) is 0 Å². The highest BCUT2D eigenvalue weighted by Crippen LogP contribution is 2.42. The molecule has 7 heteroatoms. The van der Waals surface area contributed by atoms with Crippen molar-refractivity contribution < 1.29 is 29.7 Å². The summed E-state index contributed by atoms with van der Waals surface area (Å²) in [5, 5.41) is 26.0. The first-order chi connectivity index (χ1) is 6.86. The molecule has 0 saturated heterocycles. The van der Waals surface area contributed by atoms with Crippen molar-refractivity contribution in [2.75, 3.05) is 0 Å². The molecule has 15 heavy (non-hydrogen) atoms. The normalized spacial score (nSPS) is 31.4. The number of rotatable bonds is 4. The lowest BCUT2D eigenvalue weighted by Crippen LogP contribution is -2.55. The van der Waals surface area contributed by atoms with Crippen LogP contribution in [0.1, 0.15) is 6.42 Å². The van der Waals surface area contributed by atoms with Crippen molar-refractivity contribution >= 4 is 17.9 Å². The van der Waals surface area contributed by atoms with Gasteiger partial charge in [0.05, 0.1) is 11.8 Å². The summed E-state index contributed by atoms with van der Waals surface area (Å²) >= 11 is 0. The van der Waals surface area contributed by atoms with Gasteiger partial charge in [0.15, 0.2) is 0 Å². The van der Waals surface area contributed by atoms with Gasteiger partial charge in [-0.1, -0.05) is 0 Å². The second kappa shape index (κ2) is 3.85. The van der Waals surface area contributed by atoms with Crippen molar-refractivity contribution in [3.8, 4) is 0 Å². The molecule has 0 spiro atoms. The standard InChI is InChI=1S/C8H11NO6/c9-5(8(14)15)2-1-3(6(10)11)4(2)7(12)13/h2-5H,1,9H2,(H,10,11)(H,12,13)(H,14,15)/t2-,3+,4-,5+/m1/s1. The van der Waals surface area contributed by atoms with Crippen LogP contribution >= 0.6 is 0 Å². The monoisotopic (exact) mass is 217 g/mol. The van der Waals surface area contributed by atoms with Crippen molar-refractivity contribution in [1.82, 2.24) is 0 Å². The van der Waals surface area contributed by atoms with Gasteiger partial charge in [-0.25, -0.2) is 0 Å². The first kappa shape index (κ1) is 11.4. The molecule has 0 heterocycles. The molecule has 1 saturated carbocycles. The van der Waals surface area contributed by atoms with E-state index in [2.05, 4.69) is 0 Å². The molecule has 84 valence electrons. The average Bonchev–Trinajstić information content (AvgIpc) is 1.99. The zero-order valence-corrected chi connectivity index (χ0v) is 7.66. The zero-order valence-electron chi connectivity index (χ0n) is 7.66. The Morgan fingerprint density at radius 1 is 1.13 bits per heavy atom. The van der Waals surface area contributed by atoms with Gasteiger partial charge >= 0.3 is 17.9 Å². The summed E-state index contributed by atoms with van der Waals surface area (Å²) in [6, 6.07) is -1.32. The number of hydrogen-bond donors (Lipinski definition) is 4. The molecule has 0 aromatic heterocycles. The molecule has 0 aliphatic heterocycles. The van der Waals surface area contributed by atoms with E-state index in [0.29, 0.717) is 0 Å². The largest absolute Gasteiger partial charge is 0.481 e. The fourth-order valence-electron chi connectivity index (χ4n) is 1.85. The van der Waals surface area contributed by atoms with Crippen LogP contribution in [0.5, 0.6) is 0 Å². The fraction of sp³-hybridized carbons (Fsp3) is 0.625. The first-order valence-corrected chi connectivity index (χ1v) is 4.30. The molecule has 0 aromatic rings. The molecule has 1 fully saturated rings. The van der Waals surface area contributed by atoms with E-state index in [4.69, 9.17) is 21.1 Å². The highest BCUT2D eigenvalue weighted by Gasteiger charge is 2.53. The van der Waals surface area contributed by atoms with E-state index in [1.807, 2.05) is 0 Å². The van der Waals surface area contributed by atoms with Crippen LogP contribution in [0.15, 0.2) is 0 Å². The Morgan fingerprint density at radius 2 is 1.67 bits per heavy atom. The SMILES string of the molecule is N[C@H](C(=O)O)[C@@H]1C[C@H](C(=O)O)[C@@H]1C(=O)O. The van der Waals surface area contributed by atoms with Crippen LogP contribution in [0, 0.1) is 17.8 Å². The summed E-state index contributed by atoms with van der Waals surface area (Å²) in [6.45, 7) is 0. The number of carboxylic acid groups (broad SMARTS) is 3. The van der Waals surface area contributed by atoms with E-state index in [9.17, 15) is 14.4 Å². The van der Waals surface area contributed by atoms with Gasteiger partial charge in [-0.15, -0.1) is 0 Å². The van der Waals surface area contributed by atoms with Crippen molar-refractivity contribution in [2.24, 2.45) is 23.5 Å². The lowest BCUT2D eigenvalue weighted by Gasteiger charge is -2.41. The van der Waals surface area contributed by atoms with Crippen LogP contribution in [0.3, 0.4) is 0 Å². The lowest BCUT2D eigenvalue weighted by atomic mass is 9.62. The van der Waals surface area contributed by atoms with E-state index in [1.54, 1.807) is 0 Å². The Morgan fingerprint density at radius 3 is 2.00 bits per heavy atom.